The van der Waals surface area contributed by atoms with Crippen molar-refractivity contribution in [2.45, 2.75) is 46.5 Å². The average molecular weight is 437 g/mol. The van der Waals surface area contributed by atoms with E-state index >= 15 is 0 Å². The molecule has 0 saturated carbocycles. The van der Waals surface area contributed by atoms with Gasteiger partial charge in [-0.2, -0.15) is 0 Å². The first-order valence-electron chi connectivity index (χ1n) is 9.81. The van der Waals surface area contributed by atoms with Crippen molar-refractivity contribution < 1.29 is 24.0 Å². The summed E-state index contributed by atoms with van der Waals surface area (Å²) >= 11 is 6.16. The molecule has 0 amide bonds. The highest BCUT2D eigenvalue weighted by atomic mass is 35.5. The summed E-state index contributed by atoms with van der Waals surface area (Å²) in [7, 11) is 0. The predicted molar refractivity (Wildman–Crippen MR) is 112 cm³/mol. The Labute approximate surface area is 180 Å². The number of dihydropyridines is 1. The molecule has 1 aliphatic rings. The van der Waals surface area contributed by atoms with Gasteiger partial charge < -0.3 is 14.8 Å². The number of esters is 2. The van der Waals surface area contributed by atoms with Crippen molar-refractivity contribution in [2.24, 2.45) is 0 Å². The first-order chi connectivity index (χ1) is 14.3. The quantitative estimate of drug-likeness (QED) is 0.365. The lowest BCUT2D eigenvalue weighted by atomic mass is 9.78. The number of benzene rings is 1. The number of nitrogens with zero attached hydrogens (tertiary/aromatic N) is 1. The second-order valence-electron chi connectivity index (χ2n) is 6.45. The molecule has 162 valence electrons. The van der Waals surface area contributed by atoms with E-state index in [9.17, 15) is 19.7 Å². The SMILES string of the molecule is CCOC(=O)C1=C(CC)NC(CC)=C(C(=O)OCC)C1c1cc(Cl)ccc1[N+](=O)[O-]. The molecule has 0 aromatic heterocycles. The average Bonchev–Trinajstić information content (AvgIpc) is 2.71. The van der Waals surface area contributed by atoms with E-state index in [2.05, 4.69) is 5.32 Å². The van der Waals surface area contributed by atoms with Crippen LogP contribution in [-0.4, -0.2) is 30.1 Å². The minimum Gasteiger partial charge on any atom is -0.463 e. The number of rotatable bonds is 8. The van der Waals surface area contributed by atoms with Gasteiger partial charge in [0, 0.05) is 28.0 Å². The molecule has 30 heavy (non-hydrogen) atoms. The van der Waals surface area contributed by atoms with Crippen molar-refractivity contribution >= 4 is 29.2 Å². The zero-order valence-electron chi connectivity index (χ0n) is 17.4. The van der Waals surface area contributed by atoms with Gasteiger partial charge in [0.05, 0.1) is 35.2 Å². The van der Waals surface area contributed by atoms with Crippen LogP contribution in [0.25, 0.3) is 0 Å². The van der Waals surface area contributed by atoms with Gasteiger partial charge in [0.15, 0.2) is 0 Å². The summed E-state index contributed by atoms with van der Waals surface area (Å²) in [5.74, 6) is -2.36. The molecule has 0 fully saturated rings. The summed E-state index contributed by atoms with van der Waals surface area (Å²) in [4.78, 5) is 37.1. The highest BCUT2D eigenvalue weighted by molar-refractivity contribution is 6.30. The maximum absolute atomic E-state index is 12.9. The van der Waals surface area contributed by atoms with Crippen LogP contribution in [0.4, 0.5) is 5.69 Å². The summed E-state index contributed by atoms with van der Waals surface area (Å²) in [5, 5.41) is 15.2. The molecular formula is C21H25ClN2O6. The molecule has 2 rings (SSSR count). The molecule has 1 aromatic rings. The highest BCUT2D eigenvalue weighted by Crippen LogP contribution is 2.44. The van der Waals surface area contributed by atoms with E-state index in [4.69, 9.17) is 21.1 Å². The molecule has 0 radical (unpaired) electrons. The van der Waals surface area contributed by atoms with Gasteiger partial charge in [0.25, 0.3) is 5.69 Å². The van der Waals surface area contributed by atoms with E-state index in [0.29, 0.717) is 24.2 Å². The molecule has 0 aliphatic carbocycles. The van der Waals surface area contributed by atoms with Gasteiger partial charge in [0.2, 0.25) is 0 Å². The molecule has 1 aliphatic heterocycles. The normalized spacial score (nSPS) is 14.4. The van der Waals surface area contributed by atoms with Crippen molar-refractivity contribution in [3.8, 4) is 0 Å². The smallest absolute Gasteiger partial charge is 0.336 e. The Morgan fingerprint density at radius 3 is 1.93 bits per heavy atom. The number of nitrogens with one attached hydrogen (secondary N) is 1. The molecule has 0 saturated heterocycles. The van der Waals surface area contributed by atoms with Crippen LogP contribution in [-0.2, 0) is 19.1 Å². The summed E-state index contributed by atoms with van der Waals surface area (Å²) in [6.07, 6.45) is 0.858. The molecule has 0 atom stereocenters. The van der Waals surface area contributed by atoms with Crippen LogP contribution in [0, 0.1) is 10.1 Å². The van der Waals surface area contributed by atoms with E-state index in [0.717, 1.165) is 0 Å². The summed E-state index contributed by atoms with van der Waals surface area (Å²) in [6, 6.07) is 4.07. The van der Waals surface area contributed by atoms with E-state index in [1.54, 1.807) is 13.8 Å². The van der Waals surface area contributed by atoms with Crippen LogP contribution in [0.5, 0.6) is 0 Å². The fourth-order valence-corrected chi connectivity index (χ4v) is 3.68. The van der Waals surface area contributed by atoms with Gasteiger partial charge in [-0.05, 0) is 38.8 Å². The van der Waals surface area contributed by atoms with Crippen LogP contribution < -0.4 is 5.32 Å². The molecule has 9 heteroatoms. The number of hydrogen-bond donors (Lipinski definition) is 1. The van der Waals surface area contributed by atoms with Gasteiger partial charge in [-0.3, -0.25) is 10.1 Å². The Morgan fingerprint density at radius 2 is 1.53 bits per heavy atom. The largest absolute Gasteiger partial charge is 0.463 e. The lowest BCUT2D eigenvalue weighted by Crippen LogP contribution is -2.34. The number of ether oxygens (including phenoxy) is 2. The van der Waals surface area contributed by atoms with E-state index in [1.165, 1.54) is 18.2 Å². The van der Waals surface area contributed by atoms with Crippen LogP contribution in [0.2, 0.25) is 5.02 Å². The number of hydrogen-bond acceptors (Lipinski definition) is 7. The van der Waals surface area contributed by atoms with Crippen LogP contribution in [0.15, 0.2) is 40.7 Å². The highest BCUT2D eigenvalue weighted by Gasteiger charge is 2.42. The number of nitro groups is 1. The number of carbonyl (C=O) groups is 2. The topological polar surface area (TPSA) is 108 Å². The monoisotopic (exact) mass is 436 g/mol. The Morgan fingerprint density at radius 1 is 1.03 bits per heavy atom. The fraction of sp³-hybridized carbons (Fsp3) is 0.429. The van der Waals surface area contributed by atoms with E-state index < -0.39 is 22.8 Å². The minimum atomic E-state index is -1.05. The number of carbonyl (C=O) groups excluding carboxylic acids is 2. The van der Waals surface area contributed by atoms with E-state index in [1.807, 2.05) is 13.8 Å². The Bertz CT molecular complexity index is 880. The van der Waals surface area contributed by atoms with Gasteiger partial charge in [-0.1, -0.05) is 25.4 Å². The van der Waals surface area contributed by atoms with Crippen molar-refractivity contribution in [1.82, 2.24) is 5.32 Å². The maximum atomic E-state index is 12.9. The summed E-state index contributed by atoms with van der Waals surface area (Å²) in [5.41, 5.74) is 1.25. The standard InChI is InChI=1S/C21H25ClN2O6/c1-5-14-18(20(25)29-7-3)17(13-11-12(22)9-10-16(13)24(27)28)19(15(6-2)23-14)21(26)30-8-4/h9-11,17,23H,5-8H2,1-4H3. The number of nitro benzene ring substituents is 1. The van der Waals surface area contributed by atoms with Crippen LogP contribution in [0.3, 0.4) is 0 Å². The van der Waals surface area contributed by atoms with Crippen molar-refractivity contribution in [3.63, 3.8) is 0 Å². The molecular weight excluding hydrogens is 412 g/mol. The molecule has 1 aromatic carbocycles. The minimum absolute atomic E-state index is 0.114. The second-order valence-corrected chi connectivity index (χ2v) is 6.89. The summed E-state index contributed by atoms with van der Waals surface area (Å²) in [6.45, 7) is 7.24. The lowest BCUT2D eigenvalue weighted by molar-refractivity contribution is -0.385. The van der Waals surface area contributed by atoms with Crippen LogP contribution >= 0.6 is 11.6 Å². The second kappa shape index (κ2) is 10.2. The zero-order valence-corrected chi connectivity index (χ0v) is 18.2. The maximum Gasteiger partial charge on any atom is 0.336 e. The Hall–Kier alpha value is -2.87. The van der Waals surface area contributed by atoms with Gasteiger partial charge in [-0.15, -0.1) is 0 Å². The number of allylic oxidation sites excluding steroid dienone is 2. The predicted octanol–water partition coefficient (Wildman–Crippen LogP) is 4.39. The molecule has 0 bridgehead atoms. The molecule has 8 nitrogen and oxygen atoms in total. The third kappa shape index (κ3) is 4.64. The third-order valence-corrected chi connectivity index (χ3v) is 4.96. The van der Waals surface area contributed by atoms with Crippen LogP contribution in [0.1, 0.15) is 52.0 Å². The molecule has 1 N–H and O–H groups in total. The zero-order chi connectivity index (χ0) is 22.4. The number of halogens is 1. The lowest BCUT2D eigenvalue weighted by Gasteiger charge is -2.32. The first-order valence-corrected chi connectivity index (χ1v) is 10.2. The molecule has 1 heterocycles. The molecule has 0 spiro atoms. The first kappa shape index (κ1) is 23.4. The van der Waals surface area contributed by atoms with Gasteiger partial charge >= 0.3 is 11.9 Å². The van der Waals surface area contributed by atoms with Crippen molar-refractivity contribution in [1.29, 1.82) is 0 Å². The Kier molecular flexibility index (Phi) is 8.00. The summed E-state index contributed by atoms with van der Waals surface area (Å²) < 4.78 is 10.5. The van der Waals surface area contributed by atoms with Crippen molar-refractivity contribution in [2.75, 3.05) is 13.2 Å². The van der Waals surface area contributed by atoms with Crippen molar-refractivity contribution in [3.05, 3.63) is 61.4 Å². The Balaban J connectivity index is 2.90. The third-order valence-electron chi connectivity index (χ3n) is 4.72. The van der Waals surface area contributed by atoms with E-state index in [-0.39, 0.29) is 40.6 Å². The van der Waals surface area contributed by atoms with Gasteiger partial charge in [-0.25, -0.2) is 9.59 Å². The fourth-order valence-electron chi connectivity index (χ4n) is 3.50. The molecule has 0 unspecified atom stereocenters. The van der Waals surface area contributed by atoms with Gasteiger partial charge in [0.1, 0.15) is 0 Å².